The van der Waals surface area contributed by atoms with Crippen LogP contribution in [0.25, 0.3) is 16.6 Å². The van der Waals surface area contributed by atoms with Crippen molar-refractivity contribution >= 4 is 24.0 Å². The predicted molar refractivity (Wildman–Crippen MR) is 130 cm³/mol. The van der Waals surface area contributed by atoms with E-state index in [0.29, 0.717) is 23.0 Å². The third kappa shape index (κ3) is 2.89. The molecule has 1 amide bonds. The highest BCUT2D eigenvalue weighted by molar-refractivity contribution is 7.69. The van der Waals surface area contributed by atoms with Crippen LogP contribution in [0.15, 0.2) is 54.9 Å². The Bertz CT molecular complexity index is 1590. The van der Waals surface area contributed by atoms with Crippen LogP contribution in [0.1, 0.15) is 51.1 Å². The summed E-state index contributed by atoms with van der Waals surface area (Å²) in [6, 6.07) is 15.4. The van der Waals surface area contributed by atoms with Crippen LogP contribution in [-0.2, 0) is 4.57 Å². The van der Waals surface area contributed by atoms with Gasteiger partial charge in [-0.2, -0.15) is 10.4 Å². The van der Waals surface area contributed by atoms with Gasteiger partial charge in [0.05, 0.1) is 34.3 Å². The van der Waals surface area contributed by atoms with Gasteiger partial charge in [-0.25, -0.2) is 4.52 Å². The van der Waals surface area contributed by atoms with E-state index >= 15 is 0 Å². The van der Waals surface area contributed by atoms with Crippen LogP contribution in [0.3, 0.4) is 0 Å². The van der Waals surface area contributed by atoms with Gasteiger partial charge in [0.15, 0.2) is 0 Å². The second-order valence-electron chi connectivity index (χ2n) is 9.40. The van der Waals surface area contributed by atoms with Crippen LogP contribution in [-0.4, -0.2) is 45.8 Å². The first-order valence-electron chi connectivity index (χ1n) is 11.1. The van der Waals surface area contributed by atoms with Gasteiger partial charge < -0.3 is 9.46 Å². The first-order chi connectivity index (χ1) is 16.3. The second kappa shape index (κ2) is 7.12. The lowest BCUT2D eigenvalue weighted by Crippen LogP contribution is -2.30. The van der Waals surface area contributed by atoms with Crippen LogP contribution in [0.4, 0.5) is 0 Å². The molecule has 2 bridgehead atoms. The zero-order valence-corrected chi connectivity index (χ0v) is 20.0. The number of fused-ring (bicyclic) bond motifs is 9. The van der Waals surface area contributed by atoms with Gasteiger partial charge in [-0.1, -0.05) is 12.1 Å². The standard InChI is InChI=1S/C26H22N5O2P/c1-30-21-12-19(23-16(13-27)5-4-6-18(23)26(30)32)24-20-11-15(9-10-31(20)29-25(21)24)17-7-8-22(28-14-17)34(2,3)33/h4-11,14,19,21H,12H2,1-3H3/t19-,21-/m1/s1. The molecule has 0 saturated heterocycles. The van der Waals surface area contributed by atoms with Crippen molar-refractivity contribution in [1.82, 2.24) is 19.5 Å². The van der Waals surface area contributed by atoms with E-state index in [4.69, 9.17) is 5.10 Å². The maximum absolute atomic E-state index is 13.2. The third-order valence-electron chi connectivity index (χ3n) is 7.05. The molecular weight excluding hydrogens is 445 g/mol. The number of rotatable bonds is 2. The molecule has 1 aliphatic carbocycles. The van der Waals surface area contributed by atoms with Gasteiger partial charge in [0.2, 0.25) is 0 Å². The number of amides is 1. The normalized spacial score (nSPS) is 19.0. The minimum atomic E-state index is -2.42. The Morgan fingerprint density at radius 2 is 1.94 bits per heavy atom. The van der Waals surface area contributed by atoms with Crippen molar-refractivity contribution in [2.24, 2.45) is 0 Å². The number of aromatic nitrogens is 3. The van der Waals surface area contributed by atoms with Gasteiger partial charge in [-0.3, -0.25) is 9.78 Å². The van der Waals surface area contributed by atoms with Gasteiger partial charge in [-0.15, -0.1) is 0 Å². The average molecular weight is 467 g/mol. The summed E-state index contributed by atoms with van der Waals surface area (Å²) in [4.78, 5) is 19.4. The molecule has 4 heterocycles. The summed E-state index contributed by atoms with van der Waals surface area (Å²) in [6.07, 6.45) is 4.40. The zero-order valence-electron chi connectivity index (χ0n) is 19.1. The lowest BCUT2D eigenvalue weighted by molar-refractivity contribution is 0.0734. The number of pyridine rings is 2. The number of carbonyl (C=O) groups excluding carboxylic acids is 1. The third-order valence-corrected chi connectivity index (χ3v) is 8.42. The van der Waals surface area contributed by atoms with Crippen molar-refractivity contribution in [3.05, 3.63) is 82.8 Å². The highest BCUT2D eigenvalue weighted by Crippen LogP contribution is 2.52. The van der Waals surface area contributed by atoms with E-state index in [9.17, 15) is 14.6 Å². The SMILES string of the molecule is CN1C(=O)c2cccc(C#N)c2[C@H]2C[C@@H]1c1nn3ccc(-c4ccc(P(C)(C)=O)nc4)cc3c12. The van der Waals surface area contributed by atoms with Gasteiger partial charge in [0, 0.05) is 42.0 Å². The fourth-order valence-corrected chi connectivity index (χ4v) is 6.12. The maximum atomic E-state index is 13.2. The lowest BCUT2D eigenvalue weighted by Gasteiger charge is -2.23. The summed E-state index contributed by atoms with van der Waals surface area (Å²) in [5.74, 6) is -0.155. The molecule has 1 aromatic carbocycles. The first kappa shape index (κ1) is 20.8. The minimum Gasteiger partial charge on any atom is -0.333 e. The van der Waals surface area contributed by atoms with Crippen LogP contribution < -0.4 is 5.44 Å². The number of nitriles is 1. The molecule has 0 unspecified atom stereocenters. The quantitative estimate of drug-likeness (QED) is 0.413. The minimum absolute atomic E-state index is 0.0710. The average Bonchev–Trinajstić information content (AvgIpc) is 3.36. The topological polar surface area (TPSA) is 91.4 Å². The smallest absolute Gasteiger partial charge is 0.254 e. The van der Waals surface area contributed by atoms with Crippen LogP contribution >= 0.6 is 7.14 Å². The molecule has 0 spiro atoms. The molecule has 3 aromatic heterocycles. The van der Waals surface area contributed by atoms with E-state index in [2.05, 4.69) is 17.1 Å². The summed E-state index contributed by atoms with van der Waals surface area (Å²) in [7, 11) is -0.604. The van der Waals surface area contributed by atoms with E-state index < -0.39 is 7.14 Å². The number of nitrogens with zero attached hydrogens (tertiary/aromatic N) is 5. The van der Waals surface area contributed by atoms with Crippen LogP contribution in [0, 0.1) is 11.3 Å². The first-order valence-corrected chi connectivity index (χ1v) is 13.7. The van der Waals surface area contributed by atoms with Crippen LogP contribution in [0.2, 0.25) is 0 Å². The molecule has 7 nitrogen and oxygen atoms in total. The molecule has 1 aliphatic heterocycles. The summed E-state index contributed by atoms with van der Waals surface area (Å²) >= 11 is 0. The highest BCUT2D eigenvalue weighted by atomic mass is 31.2. The number of benzene rings is 1. The van der Waals surface area contributed by atoms with E-state index in [0.717, 1.165) is 33.5 Å². The largest absolute Gasteiger partial charge is 0.333 e. The van der Waals surface area contributed by atoms with Crippen molar-refractivity contribution < 1.29 is 9.36 Å². The zero-order chi connectivity index (χ0) is 23.8. The number of hydrogen-bond acceptors (Lipinski definition) is 5. The van der Waals surface area contributed by atoms with Crippen molar-refractivity contribution in [3.8, 4) is 17.2 Å². The molecule has 2 atom stereocenters. The molecule has 4 aromatic rings. The monoisotopic (exact) mass is 467 g/mol. The molecular formula is C26H22N5O2P. The van der Waals surface area contributed by atoms with Crippen molar-refractivity contribution in [2.45, 2.75) is 18.4 Å². The molecule has 34 heavy (non-hydrogen) atoms. The molecule has 168 valence electrons. The summed E-state index contributed by atoms with van der Waals surface area (Å²) in [6.45, 7) is 3.43. The molecule has 0 radical (unpaired) electrons. The maximum Gasteiger partial charge on any atom is 0.254 e. The molecule has 0 fully saturated rings. The second-order valence-corrected chi connectivity index (χ2v) is 12.6. The molecule has 0 saturated carbocycles. The Labute approximate surface area is 197 Å². The van der Waals surface area contributed by atoms with E-state index in [1.54, 1.807) is 36.6 Å². The van der Waals surface area contributed by atoms with E-state index in [1.165, 1.54) is 0 Å². The molecule has 2 aliphatic rings. The molecule has 0 N–H and O–H groups in total. The Balaban J connectivity index is 1.55. The van der Waals surface area contributed by atoms with E-state index in [1.807, 2.05) is 42.0 Å². The summed E-state index contributed by atoms with van der Waals surface area (Å²) in [5, 5.41) is 14.7. The Morgan fingerprint density at radius 3 is 2.65 bits per heavy atom. The highest BCUT2D eigenvalue weighted by Gasteiger charge is 2.45. The van der Waals surface area contributed by atoms with Gasteiger partial charge in [0.25, 0.3) is 5.91 Å². The van der Waals surface area contributed by atoms with Crippen LogP contribution in [0.5, 0.6) is 0 Å². The number of carbonyl (C=O) groups is 1. The van der Waals surface area contributed by atoms with Crippen molar-refractivity contribution in [3.63, 3.8) is 0 Å². The fraction of sp³-hybridized carbons (Fsp3) is 0.231. The van der Waals surface area contributed by atoms with Crippen molar-refractivity contribution in [1.29, 1.82) is 5.26 Å². The predicted octanol–water partition coefficient (Wildman–Crippen LogP) is 4.18. The number of hydrogen-bond donors (Lipinski definition) is 0. The van der Waals surface area contributed by atoms with Gasteiger partial charge in [-0.05, 0) is 61.2 Å². The molecule has 8 heteroatoms. The Hall–Kier alpha value is -3.75. The molecule has 6 rings (SSSR count). The summed E-state index contributed by atoms with van der Waals surface area (Å²) < 4.78 is 14.2. The van der Waals surface area contributed by atoms with E-state index in [-0.39, 0.29) is 17.9 Å². The van der Waals surface area contributed by atoms with Gasteiger partial charge in [0.1, 0.15) is 7.14 Å². The lowest BCUT2D eigenvalue weighted by atomic mass is 9.86. The van der Waals surface area contributed by atoms with Gasteiger partial charge >= 0.3 is 0 Å². The summed E-state index contributed by atoms with van der Waals surface area (Å²) in [5.41, 5.74) is 7.38. The Morgan fingerprint density at radius 1 is 1.12 bits per heavy atom. The Kier molecular flexibility index (Phi) is 4.36. The fourth-order valence-electron chi connectivity index (χ4n) is 5.35. The van der Waals surface area contributed by atoms with Crippen molar-refractivity contribution in [2.75, 3.05) is 20.4 Å².